The highest BCUT2D eigenvalue weighted by Crippen LogP contribution is 2.45. The van der Waals surface area contributed by atoms with Crippen molar-refractivity contribution in [2.75, 3.05) is 58.8 Å². The first kappa shape index (κ1) is 36.4. The zero-order chi connectivity index (χ0) is 37.3. The summed E-state index contributed by atoms with van der Waals surface area (Å²) in [5.74, 6) is 2.55. The van der Waals surface area contributed by atoms with Crippen molar-refractivity contribution in [1.29, 1.82) is 0 Å². The number of benzene rings is 3. The summed E-state index contributed by atoms with van der Waals surface area (Å²) in [5.41, 5.74) is 3.59. The summed E-state index contributed by atoms with van der Waals surface area (Å²) in [6.07, 6.45) is 5.24. The lowest BCUT2D eigenvalue weighted by Gasteiger charge is -2.25. The number of nitrogens with one attached hydrogen (secondary N) is 1. The third-order valence-corrected chi connectivity index (χ3v) is 11.3. The van der Waals surface area contributed by atoms with E-state index in [1.54, 1.807) is 62.8 Å². The molecule has 0 bridgehead atoms. The second-order valence-corrected chi connectivity index (χ2v) is 15.4. The Labute approximate surface area is 309 Å². The number of aromatic nitrogens is 3. The molecule has 1 atom stereocenters. The molecule has 2 aliphatic rings. The first-order valence-electron chi connectivity index (χ1n) is 17.6. The van der Waals surface area contributed by atoms with Crippen molar-refractivity contribution in [3.8, 4) is 23.0 Å². The molecule has 5 aromatic rings. The van der Waals surface area contributed by atoms with Gasteiger partial charge in [0.05, 0.1) is 46.1 Å². The molecule has 1 saturated carbocycles. The number of hydrogen-bond acceptors (Lipinski definition) is 12. The largest absolute Gasteiger partial charge is 0.497 e. The van der Waals surface area contributed by atoms with Gasteiger partial charge in [-0.3, -0.25) is 0 Å². The summed E-state index contributed by atoms with van der Waals surface area (Å²) >= 11 is 0. The summed E-state index contributed by atoms with van der Waals surface area (Å²) in [6, 6.07) is 16.1. The second-order valence-electron chi connectivity index (χ2n) is 13.6. The van der Waals surface area contributed by atoms with Gasteiger partial charge in [0.1, 0.15) is 23.0 Å². The lowest BCUT2D eigenvalue weighted by molar-refractivity contribution is -0.0409. The van der Waals surface area contributed by atoms with Crippen LogP contribution in [0.25, 0.3) is 11.0 Å². The number of hydrogen-bond donors (Lipinski definition) is 1. The number of nitrogens with zero attached hydrogens (tertiary/aromatic N) is 5. The first-order chi connectivity index (χ1) is 25.6. The van der Waals surface area contributed by atoms with Gasteiger partial charge in [-0.1, -0.05) is 17.3 Å². The average Bonchev–Trinajstić information content (AvgIpc) is 3.81. The lowest BCUT2D eigenvalue weighted by Crippen LogP contribution is -2.31. The molecule has 15 heteroatoms. The predicted octanol–water partition coefficient (Wildman–Crippen LogP) is 6.84. The third-order valence-electron chi connectivity index (χ3n) is 9.51. The number of anilines is 3. The molecule has 0 spiro atoms. The summed E-state index contributed by atoms with van der Waals surface area (Å²) in [4.78, 5) is 1.84. The monoisotopic (exact) mass is 746 g/mol. The molecule has 282 valence electrons. The summed E-state index contributed by atoms with van der Waals surface area (Å²) < 4.78 is 67.7. The number of methoxy groups -OCH3 is 4. The Balaban J connectivity index is 1.30. The molecule has 1 aliphatic carbocycles. The quantitative estimate of drug-likeness (QED) is 0.120. The molecule has 1 unspecified atom stereocenters. The van der Waals surface area contributed by atoms with Gasteiger partial charge in [-0.05, 0) is 87.7 Å². The van der Waals surface area contributed by atoms with Crippen LogP contribution in [0, 0.1) is 0 Å². The predicted molar refractivity (Wildman–Crippen MR) is 200 cm³/mol. The van der Waals surface area contributed by atoms with E-state index in [-0.39, 0.29) is 35.0 Å². The van der Waals surface area contributed by atoms with Crippen LogP contribution in [0.1, 0.15) is 61.1 Å². The fourth-order valence-electron chi connectivity index (χ4n) is 6.76. The standard InChI is InChI=1S/C38H46N6O8S/c1-42(2)22-25-17-33(49-5)37(34(18-25)50-6)53(45,46)43(23-24-10-14-27(47-3)15-11-24)38-28-19-32(48-4)29(20-31(28)52-41-38)39-35-21-30(26-12-13-26)44(40-35)36-9-7-8-16-51-36/h10-11,14-15,17-21,26,36H,7-9,12-13,16,22-23H2,1-6H3,(H,39,40). The summed E-state index contributed by atoms with van der Waals surface area (Å²) in [6.45, 7) is 1.18. The van der Waals surface area contributed by atoms with E-state index in [1.807, 2.05) is 23.7 Å². The van der Waals surface area contributed by atoms with E-state index in [0.29, 0.717) is 52.0 Å². The van der Waals surface area contributed by atoms with E-state index in [4.69, 9.17) is 33.3 Å². The minimum Gasteiger partial charge on any atom is -0.497 e. The Morgan fingerprint density at radius 2 is 1.57 bits per heavy atom. The fourth-order valence-corrected chi connectivity index (χ4v) is 8.45. The van der Waals surface area contributed by atoms with E-state index in [2.05, 4.69) is 16.5 Å². The van der Waals surface area contributed by atoms with Crippen LogP contribution in [-0.2, 0) is 27.8 Å². The minimum atomic E-state index is -4.42. The van der Waals surface area contributed by atoms with Crippen LogP contribution in [0.2, 0.25) is 0 Å². The topological polar surface area (TPSA) is 143 Å². The Bertz CT molecular complexity index is 2150. The van der Waals surface area contributed by atoms with E-state index in [9.17, 15) is 8.42 Å². The first-order valence-corrected chi connectivity index (χ1v) is 19.1. The fraction of sp³-hybridized carbons (Fsp3) is 0.421. The SMILES string of the molecule is COc1ccc(CN(c2noc3cc(Nc4cc(C5CC5)n(C5CCCCO5)n4)c(OC)cc23)S(=O)(=O)c2c(OC)cc(CN(C)C)cc2OC)cc1. The molecule has 3 heterocycles. The van der Waals surface area contributed by atoms with Gasteiger partial charge in [-0.15, -0.1) is 0 Å². The molecule has 14 nitrogen and oxygen atoms in total. The highest BCUT2D eigenvalue weighted by molar-refractivity contribution is 7.93. The Hall–Kier alpha value is -4.99. The van der Waals surface area contributed by atoms with Crippen LogP contribution in [-0.4, -0.2) is 77.4 Å². The normalized spacial score (nSPS) is 16.2. The van der Waals surface area contributed by atoms with Gasteiger partial charge in [0.2, 0.25) is 0 Å². The second kappa shape index (κ2) is 15.2. The van der Waals surface area contributed by atoms with Crippen molar-refractivity contribution in [2.45, 2.75) is 62.2 Å². The number of ether oxygens (including phenoxy) is 5. The van der Waals surface area contributed by atoms with Gasteiger partial charge < -0.3 is 38.4 Å². The Kier molecular flexibility index (Phi) is 10.4. The molecule has 1 N–H and O–H groups in total. The zero-order valence-electron chi connectivity index (χ0n) is 30.9. The van der Waals surface area contributed by atoms with Crippen molar-refractivity contribution in [3.05, 3.63) is 71.4 Å². The molecule has 3 aromatic carbocycles. The van der Waals surface area contributed by atoms with Crippen molar-refractivity contribution in [3.63, 3.8) is 0 Å². The van der Waals surface area contributed by atoms with Crippen LogP contribution < -0.4 is 28.6 Å². The maximum atomic E-state index is 15.0. The van der Waals surface area contributed by atoms with E-state index in [0.717, 1.165) is 50.0 Å². The Morgan fingerprint density at radius 1 is 0.849 bits per heavy atom. The van der Waals surface area contributed by atoms with E-state index < -0.39 is 10.0 Å². The van der Waals surface area contributed by atoms with E-state index >= 15 is 0 Å². The van der Waals surface area contributed by atoms with Gasteiger partial charge >= 0.3 is 0 Å². The molecular weight excluding hydrogens is 701 g/mol. The smallest absolute Gasteiger partial charge is 0.273 e. The van der Waals surface area contributed by atoms with Crippen LogP contribution >= 0.6 is 0 Å². The van der Waals surface area contributed by atoms with Crippen molar-refractivity contribution >= 4 is 38.3 Å². The van der Waals surface area contributed by atoms with Gasteiger partial charge in [0.25, 0.3) is 10.0 Å². The number of rotatable bonds is 15. The highest BCUT2D eigenvalue weighted by atomic mass is 32.2. The number of fused-ring (bicyclic) bond motifs is 1. The molecule has 1 aliphatic heterocycles. The molecule has 2 fully saturated rings. The molecule has 0 radical (unpaired) electrons. The van der Waals surface area contributed by atoms with Crippen LogP contribution in [0.5, 0.6) is 23.0 Å². The molecule has 53 heavy (non-hydrogen) atoms. The maximum absolute atomic E-state index is 15.0. The van der Waals surface area contributed by atoms with Gasteiger partial charge in [-0.25, -0.2) is 17.4 Å². The van der Waals surface area contributed by atoms with Crippen molar-refractivity contribution in [2.24, 2.45) is 0 Å². The molecule has 1 saturated heterocycles. The van der Waals surface area contributed by atoms with E-state index in [1.165, 1.54) is 18.5 Å². The highest BCUT2D eigenvalue weighted by Gasteiger charge is 2.36. The van der Waals surface area contributed by atoms with Crippen molar-refractivity contribution in [1.82, 2.24) is 19.8 Å². The van der Waals surface area contributed by atoms with Crippen LogP contribution in [0.4, 0.5) is 17.3 Å². The van der Waals surface area contributed by atoms with Gasteiger partial charge in [-0.2, -0.15) is 5.10 Å². The Morgan fingerprint density at radius 3 is 2.17 bits per heavy atom. The average molecular weight is 747 g/mol. The van der Waals surface area contributed by atoms with Crippen LogP contribution in [0.15, 0.2) is 64.0 Å². The molecule has 0 amide bonds. The minimum absolute atomic E-state index is 0.0666. The lowest BCUT2D eigenvalue weighted by atomic mass is 10.2. The van der Waals surface area contributed by atoms with Crippen LogP contribution in [0.3, 0.4) is 0 Å². The van der Waals surface area contributed by atoms with Crippen molar-refractivity contribution < 1.29 is 36.6 Å². The molecular formula is C38H46N6O8S. The zero-order valence-corrected chi connectivity index (χ0v) is 31.7. The summed E-state index contributed by atoms with van der Waals surface area (Å²) in [7, 11) is 5.43. The maximum Gasteiger partial charge on any atom is 0.273 e. The molecule has 7 rings (SSSR count). The van der Waals surface area contributed by atoms with Gasteiger partial charge in [0, 0.05) is 36.9 Å². The summed E-state index contributed by atoms with van der Waals surface area (Å²) in [5, 5.41) is 13.1. The number of sulfonamides is 1. The molecule has 2 aromatic heterocycles. The van der Waals surface area contributed by atoms with Gasteiger partial charge in [0.15, 0.2) is 28.3 Å². The third kappa shape index (κ3) is 7.46.